The number of amides is 1. The van der Waals surface area contributed by atoms with E-state index in [0.717, 1.165) is 44.0 Å². The van der Waals surface area contributed by atoms with Gasteiger partial charge in [-0.2, -0.15) is 5.10 Å². The number of aromatic nitrogens is 2. The van der Waals surface area contributed by atoms with Gasteiger partial charge < -0.3 is 10.2 Å². The van der Waals surface area contributed by atoms with Gasteiger partial charge in [-0.1, -0.05) is 0 Å². The van der Waals surface area contributed by atoms with Crippen LogP contribution in [0.5, 0.6) is 0 Å². The smallest absolute Gasteiger partial charge is 0.228 e. The largest absolute Gasteiger partial charge is 0.341 e. The SMILES string of the molecule is Cc1cc(CC(=O)N2CCCNCC2)n(C)n1. The highest BCUT2D eigenvalue weighted by Crippen LogP contribution is 2.06. The second-order valence-corrected chi connectivity index (χ2v) is 4.56. The molecule has 1 fully saturated rings. The lowest BCUT2D eigenvalue weighted by atomic mass is 10.2. The van der Waals surface area contributed by atoms with Crippen LogP contribution in [0.3, 0.4) is 0 Å². The van der Waals surface area contributed by atoms with Crippen LogP contribution < -0.4 is 5.32 Å². The van der Waals surface area contributed by atoms with Gasteiger partial charge in [0.25, 0.3) is 0 Å². The minimum atomic E-state index is 0.205. The van der Waals surface area contributed by atoms with Crippen LogP contribution in [-0.4, -0.2) is 46.8 Å². The van der Waals surface area contributed by atoms with E-state index in [1.54, 1.807) is 4.68 Å². The summed E-state index contributed by atoms with van der Waals surface area (Å²) in [6.07, 6.45) is 1.49. The van der Waals surface area contributed by atoms with Crippen LogP contribution in [0.15, 0.2) is 6.07 Å². The maximum Gasteiger partial charge on any atom is 0.228 e. The lowest BCUT2D eigenvalue weighted by molar-refractivity contribution is -0.130. The Balaban J connectivity index is 1.98. The van der Waals surface area contributed by atoms with E-state index in [2.05, 4.69) is 10.4 Å². The highest BCUT2D eigenvalue weighted by molar-refractivity contribution is 5.78. The molecule has 1 amide bonds. The van der Waals surface area contributed by atoms with Gasteiger partial charge >= 0.3 is 0 Å². The summed E-state index contributed by atoms with van der Waals surface area (Å²) in [4.78, 5) is 14.1. The van der Waals surface area contributed by atoms with E-state index in [4.69, 9.17) is 0 Å². The molecule has 1 aliphatic heterocycles. The molecule has 1 saturated heterocycles. The van der Waals surface area contributed by atoms with E-state index in [1.807, 2.05) is 24.9 Å². The third-order valence-electron chi connectivity index (χ3n) is 3.12. The summed E-state index contributed by atoms with van der Waals surface area (Å²) in [5.41, 5.74) is 1.96. The van der Waals surface area contributed by atoms with Crippen molar-refractivity contribution >= 4 is 5.91 Å². The zero-order valence-corrected chi connectivity index (χ0v) is 10.6. The van der Waals surface area contributed by atoms with Gasteiger partial charge in [-0.05, 0) is 26.0 Å². The van der Waals surface area contributed by atoms with Gasteiger partial charge in [0.05, 0.1) is 12.1 Å². The summed E-state index contributed by atoms with van der Waals surface area (Å²) in [6, 6.07) is 1.98. The molecular formula is C12H20N4O. The lowest BCUT2D eigenvalue weighted by Gasteiger charge is -2.19. The zero-order valence-electron chi connectivity index (χ0n) is 10.6. The van der Waals surface area contributed by atoms with Crippen molar-refractivity contribution in [2.45, 2.75) is 19.8 Å². The lowest BCUT2D eigenvalue weighted by Crippen LogP contribution is -2.35. The number of aryl methyl sites for hydroxylation is 2. The standard InChI is InChI=1S/C12H20N4O/c1-10-8-11(15(2)14-10)9-12(17)16-6-3-4-13-5-7-16/h8,13H,3-7,9H2,1-2H3. The quantitative estimate of drug-likeness (QED) is 0.792. The summed E-state index contributed by atoms with van der Waals surface area (Å²) in [5, 5.41) is 7.56. The van der Waals surface area contributed by atoms with Crippen molar-refractivity contribution < 1.29 is 4.79 Å². The maximum absolute atomic E-state index is 12.1. The summed E-state index contributed by atoms with van der Waals surface area (Å²) in [7, 11) is 1.89. The van der Waals surface area contributed by atoms with E-state index in [1.165, 1.54) is 0 Å². The van der Waals surface area contributed by atoms with Crippen molar-refractivity contribution in [1.82, 2.24) is 20.0 Å². The molecule has 1 aromatic heterocycles. The van der Waals surface area contributed by atoms with Crippen LogP contribution in [0, 0.1) is 6.92 Å². The summed E-state index contributed by atoms with van der Waals surface area (Å²) < 4.78 is 1.79. The molecule has 1 aromatic rings. The number of nitrogens with one attached hydrogen (secondary N) is 1. The first-order valence-electron chi connectivity index (χ1n) is 6.15. The minimum absolute atomic E-state index is 0.205. The van der Waals surface area contributed by atoms with Crippen LogP contribution in [0.25, 0.3) is 0 Å². The molecule has 0 spiro atoms. The van der Waals surface area contributed by atoms with Crippen molar-refractivity contribution in [3.63, 3.8) is 0 Å². The second kappa shape index (κ2) is 5.31. The number of hydrogen-bond donors (Lipinski definition) is 1. The Hall–Kier alpha value is -1.36. The molecule has 94 valence electrons. The van der Waals surface area contributed by atoms with Gasteiger partial charge in [0.1, 0.15) is 0 Å². The molecule has 0 atom stereocenters. The predicted molar refractivity (Wildman–Crippen MR) is 65.7 cm³/mol. The molecule has 0 radical (unpaired) electrons. The first-order chi connectivity index (χ1) is 8.16. The Morgan fingerprint density at radius 2 is 2.29 bits per heavy atom. The number of hydrogen-bond acceptors (Lipinski definition) is 3. The highest BCUT2D eigenvalue weighted by Gasteiger charge is 2.17. The molecule has 0 aliphatic carbocycles. The Bertz CT molecular complexity index is 391. The van der Waals surface area contributed by atoms with Crippen molar-refractivity contribution in [3.8, 4) is 0 Å². The average Bonchev–Trinajstić information content (AvgIpc) is 2.54. The van der Waals surface area contributed by atoms with Gasteiger partial charge in [0.15, 0.2) is 0 Å². The minimum Gasteiger partial charge on any atom is -0.341 e. The van der Waals surface area contributed by atoms with Gasteiger partial charge in [-0.3, -0.25) is 9.48 Å². The van der Waals surface area contributed by atoms with Crippen LogP contribution in [0.2, 0.25) is 0 Å². The molecule has 0 aromatic carbocycles. The molecule has 1 aliphatic rings. The Morgan fingerprint density at radius 1 is 1.47 bits per heavy atom. The van der Waals surface area contributed by atoms with Crippen molar-refractivity contribution in [3.05, 3.63) is 17.5 Å². The van der Waals surface area contributed by atoms with Gasteiger partial charge in [-0.25, -0.2) is 0 Å². The van der Waals surface area contributed by atoms with Crippen LogP contribution in [-0.2, 0) is 18.3 Å². The first kappa shape index (κ1) is 12.1. The Labute approximate surface area is 102 Å². The van der Waals surface area contributed by atoms with E-state index >= 15 is 0 Å². The summed E-state index contributed by atoms with van der Waals surface area (Å²) >= 11 is 0. The maximum atomic E-state index is 12.1. The molecule has 0 saturated carbocycles. The van der Waals surface area contributed by atoms with E-state index in [-0.39, 0.29) is 5.91 Å². The molecular weight excluding hydrogens is 216 g/mol. The Kier molecular flexibility index (Phi) is 3.78. The number of rotatable bonds is 2. The van der Waals surface area contributed by atoms with E-state index in [9.17, 15) is 4.79 Å². The molecule has 0 bridgehead atoms. The summed E-state index contributed by atoms with van der Waals surface area (Å²) in [6.45, 7) is 5.53. The van der Waals surface area contributed by atoms with Gasteiger partial charge in [-0.15, -0.1) is 0 Å². The Morgan fingerprint density at radius 3 is 3.00 bits per heavy atom. The van der Waals surface area contributed by atoms with Crippen molar-refractivity contribution in [2.24, 2.45) is 7.05 Å². The molecule has 2 rings (SSSR count). The molecule has 1 N–H and O–H groups in total. The molecule has 17 heavy (non-hydrogen) atoms. The third-order valence-corrected chi connectivity index (χ3v) is 3.12. The van der Waals surface area contributed by atoms with Crippen LogP contribution in [0.4, 0.5) is 0 Å². The molecule has 0 unspecified atom stereocenters. The third kappa shape index (κ3) is 3.06. The normalized spacial score (nSPS) is 16.9. The predicted octanol–water partition coefficient (Wildman–Crippen LogP) is 0.0929. The number of carbonyl (C=O) groups excluding carboxylic acids is 1. The fraction of sp³-hybridized carbons (Fsp3) is 0.667. The fourth-order valence-corrected chi connectivity index (χ4v) is 2.19. The number of nitrogens with zero attached hydrogens (tertiary/aromatic N) is 3. The van der Waals surface area contributed by atoms with Crippen molar-refractivity contribution in [1.29, 1.82) is 0 Å². The monoisotopic (exact) mass is 236 g/mol. The second-order valence-electron chi connectivity index (χ2n) is 4.56. The van der Waals surface area contributed by atoms with Crippen molar-refractivity contribution in [2.75, 3.05) is 26.2 Å². The number of carbonyl (C=O) groups is 1. The summed E-state index contributed by atoms with van der Waals surface area (Å²) in [5.74, 6) is 0.205. The average molecular weight is 236 g/mol. The highest BCUT2D eigenvalue weighted by atomic mass is 16.2. The van der Waals surface area contributed by atoms with Crippen LogP contribution >= 0.6 is 0 Å². The van der Waals surface area contributed by atoms with Crippen LogP contribution in [0.1, 0.15) is 17.8 Å². The topological polar surface area (TPSA) is 50.2 Å². The molecule has 5 nitrogen and oxygen atoms in total. The zero-order chi connectivity index (χ0) is 12.3. The first-order valence-corrected chi connectivity index (χ1v) is 6.15. The van der Waals surface area contributed by atoms with Gasteiger partial charge in [0.2, 0.25) is 5.91 Å². The van der Waals surface area contributed by atoms with Gasteiger partial charge in [0, 0.05) is 32.4 Å². The fourth-order valence-electron chi connectivity index (χ4n) is 2.19. The molecule has 5 heteroatoms. The van der Waals surface area contributed by atoms with E-state index < -0.39 is 0 Å². The van der Waals surface area contributed by atoms with E-state index in [0.29, 0.717) is 6.42 Å². The molecule has 2 heterocycles.